The van der Waals surface area contributed by atoms with Gasteiger partial charge in [0.05, 0.1) is 10.7 Å². The van der Waals surface area contributed by atoms with Crippen molar-refractivity contribution in [1.82, 2.24) is 5.32 Å². The first-order valence-electron chi connectivity index (χ1n) is 10.2. The summed E-state index contributed by atoms with van der Waals surface area (Å²) in [4.78, 5) is 15.7. The van der Waals surface area contributed by atoms with Crippen molar-refractivity contribution >= 4 is 34.6 Å². The van der Waals surface area contributed by atoms with E-state index in [1.165, 1.54) is 19.9 Å². The van der Waals surface area contributed by atoms with Crippen LogP contribution in [0, 0.1) is 17.8 Å². The number of amidine groups is 1. The second-order valence-corrected chi connectivity index (χ2v) is 7.51. The number of anilines is 1. The highest BCUT2D eigenvalue weighted by atomic mass is 35.5. The van der Waals surface area contributed by atoms with Gasteiger partial charge in [0.25, 0.3) is 5.91 Å². The van der Waals surface area contributed by atoms with Crippen LogP contribution in [0.2, 0.25) is 5.02 Å². The number of allylic oxidation sites excluding steroid dienone is 2. The molecule has 1 amide bonds. The molecule has 0 atom stereocenters. The Morgan fingerprint density at radius 2 is 1.94 bits per heavy atom. The molecule has 0 spiro atoms. The molecule has 1 fully saturated rings. The van der Waals surface area contributed by atoms with Gasteiger partial charge >= 0.3 is 0 Å². The lowest BCUT2D eigenvalue weighted by molar-refractivity contribution is -0.114. The highest BCUT2D eigenvalue weighted by molar-refractivity contribution is 6.32. The van der Waals surface area contributed by atoms with Crippen LogP contribution in [0.4, 0.5) is 5.69 Å². The number of likely N-dealkylation sites (N-methyl/N-ethyl adjacent to an activating group) is 1. The van der Waals surface area contributed by atoms with Gasteiger partial charge < -0.3 is 28.3 Å². The number of rotatable bonds is 4. The first-order valence-corrected chi connectivity index (χ1v) is 10.6. The van der Waals surface area contributed by atoms with Gasteiger partial charge in [-0.2, -0.15) is 0 Å². The topological polar surface area (TPSA) is 146 Å². The Balaban J connectivity index is 0.00000151. The standard InChI is InChI=1S/C20H25ClN6O.C3H8/c1-26-20(27-2)18(19(25)28)16(23)7-6-12-8-17(24)13(9-15(12)21)14(10-22)11-4-3-5-11;1-3-2/h8-11H,3-5,22-24H2,1-2H3,(H2,25,28)(H,26,27);3H2,1-2H3/b14-10-,18-16-;. The monoisotopic (exact) mass is 444 g/mol. The average Bonchev–Trinajstić information content (AvgIpc) is 2.69. The second kappa shape index (κ2) is 12.6. The highest BCUT2D eigenvalue weighted by Gasteiger charge is 2.24. The number of benzene rings is 1. The zero-order chi connectivity index (χ0) is 23.6. The van der Waals surface area contributed by atoms with Crippen LogP contribution >= 0.6 is 11.6 Å². The van der Waals surface area contributed by atoms with Gasteiger partial charge in [-0.25, -0.2) is 0 Å². The predicted octanol–water partition coefficient (Wildman–Crippen LogP) is 2.74. The summed E-state index contributed by atoms with van der Waals surface area (Å²) in [7, 11) is 3.11. The largest absolute Gasteiger partial charge is 0.404 e. The van der Waals surface area contributed by atoms with Crippen molar-refractivity contribution in [3.05, 3.63) is 45.8 Å². The van der Waals surface area contributed by atoms with Crippen LogP contribution in [-0.2, 0) is 4.79 Å². The molecule has 168 valence electrons. The van der Waals surface area contributed by atoms with Crippen molar-refractivity contribution in [3.8, 4) is 11.8 Å². The van der Waals surface area contributed by atoms with Crippen molar-refractivity contribution in [1.29, 1.82) is 0 Å². The van der Waals surface area contributed by atoms with Crippen LogP contribution in [0.3, 0.4) is 0 Å². The van der Waals surface area contributed by atoms with E-state index < -0.39 is 5.91 Å². The summed E-state index contributed by atoms with van der Waals surface area (Å²) in [6, 6.07) is 3.44. The zero-order valence-electron chi connectivity index (χ0n) is 18.7. The number of hydrogen-bond donors (Lipinski definition) is 5. The van der Waals surface area contributed by atoms with E-state index in [0.717, 1.165) is 24.0 Å². The molecule has 0 heterocycles. The third kappa shape index (κ3) is 6.69. The maximum absolute atomic E-state index is 11.7. The fourth-order valence-electron chi connectivity index (χ4n) is 3.02. The highest BCUT2D eigenvalue weighted by Crippen LogP contribution is 2.41. The van der Waals surface area contributed by atoms with Gasteiger partial charge in [-0.1, -0.05) is 44.2 Å². The number of hydrogen-bond acceptors (Lipinski definition) is 5. The SMILES string of the molecule is CCC.CN=C(NC)/C(C(N)=O)=C(\N)C#Cc1cc(N)c(/C(=C\N)C2CCC2)cc1Cl. The minimum Gasteiger partial charge on any atom is -0.404 e. The van der Waals surface area contributed by atoms with Crippen molar-refractivity contribution in [2.24, 2.45) is 28.1 Å². The molecule has 7 nitrogen and oxygen atoms in total. The molecule has 8 heteroatoms. The number of nitrogen functional groups attached to an aromatic ring is 1. The molecular weight excluding hydrogens is 412 g/mol. The zero-order valence-corrected chi connectivity index (χ0v) is 19.4. The molecule has 0 bridgehead atoms. The second-order valence-electron chi connectivity index (χ2n) is 7.10. The van der Waals surface area contributed by atoms with E-state index >= 15 is 0 Å². The summed E-state index contributed by atoms with van der Waals surface area (Å²) < 4.78 is 0. The Morgan fingerprint density at radius 3 is 2.35 bits per heavy atom. The molecule has 1 aromatic carbocycles. The minimum absolute atomic E-state index is 0.0107. The molecule has 1 aliphatic carbocycles. The van der Waals surface area contributed by atoms with Crippen LogP contribution < -0.4 is 28.3 Å². The molecule has 1 aliphatic rings. The molecule has 1 saturated carbocycles. The minimum atomic E-state index is -0.735. The molecule has 2 rings (SSSR count). The number of nitrogens with two attached hydrogens (primary N) is 4. The lowest BCUT2D eigenvalue weighted by atomic mass is 9.77. The van der Waals surface area contributed by atoms with Gasteiger partial charge in [0.15, 0.2) is 0 Å². The lowest BCUT2D eigenvalue weighted by Gasteiger charge is -2.29. The molecule has 9 N–H and O–H groups in total. The smallest absolute Gasteiger partial charge is 0.255 e. The van der Waals surface area contributed by atoms with E-state index in [1.807, 2.05) is 0 Å². The van der Waals surface area contributed by atoms with Crippen molar-refractivity contribution in [3.63, 3.8) is 0 Å². The third-order valence-electron chi connectivity index (χ3n) is 4.72. The van der Waals surface area contributed by atoms with Crippen LogP contribution in [0.15, 0.2) is 34.6 Å². The summed E-state index contributed by atoms with van der Waals surface area (Å²) in [6.07, 6.45) is 6.21. The van der Waals surface area contributed by atoms with Gasteiger partial charge in [0, 0.05) is 30.9 Å². The predicted molar refractivity (Wildman–Crippen MR) is 131 cm³/mol. The van der Waals surface area contributed by atoms with Crippen LogP contribution in [0.5, 0.6) is 0 Å². The van der Waals surface area contributed by atoms with Crippen molar-refractivity contribution < 1.29 is 4.79 Å². The van der Waals surface area contributed by atoms with E-state index in [-0.39, 0.29) is 17.1 Å². The quantitative estimate of drug-likeness (QED) is 0.159. The van der Waals surface area contributed by atoms with Crippen molar-refractivity contribution in [2.75, 3.05) is 19.8 Å². The van der Waals surface area contributed by atoms with Crippen LogP contribution in [-0.4, -0.2) is 25.8 Å². The Labute approximate surface area is 190 Å². The summed E-state index contributed by atoms with van der Waals surface area (Å²) in [5.74, 6) is 5.48. The molecule has 1 aromatic rings. The number of nitrogens with one attached hydrogen (secondary N) is 1. The van der Waals surface area contributed by atoms with E-state index in [2.05, 4.69) is 36.0 Å². The van der Waals surface area contributed by atoms with E-state index in [1.54, 1.807) is 25.4 Å². The molecule has 0 aliphatic heterocycles. The normalized spacial score (nSPS) is 14.9. The van der Waals surface area contributed by atoms with E-state index in [4.69, 9.17) is 34.5 Å². The summed E-state index contributed by atoms with van der Waals surface area (Å²) >= 11 is 6.40. The Bertz CT molecular complexity index is 949. The summed E-state index contributed by atoms with van der Waals surface area (Å²) in [5, 5.41) is 3.18. The molecule has 0 unspecified atom stereocenters. The van der Waals surface area contributed by atoms with E-state index in [0.29, 0.717) is 22.2 Å². The van der Waals surface area contributed by atoms with Crippen LogP contribution in [0.25, 0.3) is 5.57 Å². The Morgan fingerprint density at radius 1 is 1.32 bits per heavy atom. The van der Waals surface area contributed by atoms with Crippen LogP contribution in [0.1, 0.15) is 50.7 Å². The van der Waals surface area contributed by atoms with Gasteiger partial charge in [0.2, 0.25) is 0 Å². The first-order chi connectivity index (χ1) is 14.7. The van der Waals surface area contributed by atoms with Gasteiger partial charge in [-0.05, 0) is 48.6 Å². The Kier molecular flexibility index (Phi) is 10.5. The fraction of sp³-hybridized carbons (Fsp3) is 0.391. The van der Waals surface area contributed by atoms with Gasteiger partial charge in [-0.3, -0.25) is 9.79 Å². The molecular formula is C23H33ClN6O. The molecule has 0 saturated heterocycles. The lowest BCUT2D eigenvalue weighted by Crippen LogP contribution is -2.32. The molecule has 0 aromatic heterocycles. The first kappa shape index (κ1) is 25.9. The molecule has 0 radical (unpaired) electrons. The summed E-state index contributed by atoms with van der Waals surface area (Å²) in [6.45, 7) is 4.25. The Hall–Kier alpha value is -3.11. The number of nitrogens with zero attached hydrogens (tertiary/aromatic N) is 1. The number of halogens is 1. The third-order valence-corrected chi connectivity index (χ3v) is 5.03. The average molecular weight is 445 g/mol. The number of amides is 1. The summed E-state index contributed by atoms with van der Waals surface area (Å²) in [5.41, 5.74) is 26.2. The number of primary amides is 1. The number of carbonyl (C=O) groups excluding carboxylic acids is 1. The molecule has 31 heavy (non-hydrogen) atoms. The van der Waals surface area contributed by atoms with Gasteiger partial charge in [-0.15, -0.1) is 0 Å². The fourth-order valence-corrected chi connectivity index (χ4v) is 3.23. The number of aliphatic imine (C=N–C) groups is 1. The maximum atomic E-state index is 11.7. The number of carbonyl (C=O) groups is 1. The maximum Gasteiger partial charge on any atom is 0.255 e. The van der Waals surface area contributed by atoms with Crippen molar-refractivity contribution in [2.45, 2.75) is 39.5 Å². The van der Waals surface area contributed by atoms with Gasteiger partial charge in [0.1, 0.15) is 11.4 Å². The van der Waals surface area contributed by atoms with E-state index in [9.17, 15) is 4.79 Å².